The van der Waals surface area contributed by atoms with Crippen molar-refractivity contribution in [2.24, 2.45) is 63.6 Å². The molecule has 60 heavy (non-hydrogen) atoms. The lowest BCUT2D eigenvalue weighted by molar-refractivity contribution is -0.398. The molecule has 12 heteroatoms. The Morgan fingerprint density at radius 3 is 0.983 bits per heavy atom. The number of carboxylic acid groups (broad SMARTS) is 4. The third-order valence-corrected chi connectivity index (χ3v) is 19.9. The predicted molar refractivity (Wildman–Crippen MR) is 226 cm³/mol. The molecular formula is C48H82N4O8-4. The number of likely N-dealkylation sites (tertiary alicyclic amines) is 4. The second-order valence-electron chi connectivity index (χ2n) is 23.4. The molecule has 0 aromatic rings. The van der Waals surface area contributed by atoms with Crippen molar-refractivity contribution in [2.45, 2.75) is 189 Å². The number of carbonyl (C=O) groups excluding carboxylic acids is 4. The van der Waals surface area contributed by atoms with Crippen LogP contribution in [0.1, 0.15) is 143 Å². The van der Waals surface area contributed by atoms with E-state index in [0.717, 1.165) is 0 Å². The number of hydrogen-bond donors (Lipinski definition) is 0. The van der Waals surface area contributed by atoms with Crippen molar-refractivity contribution >= 4 is 23.9 Å². The summed E-state index contributed by atoms with van der Waals surface area (Å²) in [5.74, 6) is -13.8. The summed E-state index contributed by atoms with van der Waals surface area (Å²) in [5, 5.41) is 61.0. The average Bonchev–Trinajstić information content (AvgIpc) is 3.12. The first-order chi connectivity index (χ1) is 27.0. The Bertz CT molecular complexity index is 1620. The highest BCUT2D eigenvalue weighted by Crippen LogP contribution is 2.75. The Hall–Kier alpha value is -2.28. The van der Waals surface area contributed by atoms with E-state index in [4.69, 9.17) is 0 Å². The van der Waals surface area contributed by atoms with Crippen LogP contribution in [0.25, 0.3) is 0 Å². The zero-order valence-corrected chi connectivity index (χ0v) is 41.0. The molecule has 4 saturated heterocycles. The summed E-state index contributed by atoms with van der Waals surface area (Å²) in [6, 6.07) is -1.30. The monoisotopic (exact) mass is 843 g/mol. The van der Waals surface area contributed by atoms with Crippen molar-refractivity contribution in [3.05, 3.63) is 0 Å². The van der Waals surface area contributed by atoms with Crippen LogP contribution in [0.2, 0.25) is 0 Å². The highest BCUT2D eigenvalue weighted by atomic mass is 16.4. The molecule has 4 fully saturated rings. The average molecular weight is 843 g/mol. The Morgan fingerprint density at radius 2 is 0.717 bits per heavy atom. The van der Waals surface area contributed by atoms with Gasteiger partial charge in [-0.05, 0) is 191 Å². The van der Waals surface area contributed by atoms with Gasteiger partial charge in [0, 0.05) is 86.4 Å². The standard InChI is InChI=1S/C48H86N4O8/c1-26-30(5)49(17)42(9,10)21-34(26)46(39(55)56,25-38(53)54)48(41(59)60,37-24-45(15,16)52(20)33(8)29(37)4)47(40(57)58,35-22-43(11,12)50(18)31(6)27(35)2)36-23-44(13,14)51(19)32(7)28(36)3/h26-37H,21-25H2,1-20H3,(H,53,54)(H,55,56)(H,57,58)(H,59,60)/p-4. The summed E-state index contributed by atoms with van der Waals surface area (Å²) in [7, 11) is 7.86. The van der Waals surface area contributed by atoms with Crippen molar-refractivity contribution in [1.82, 2.24) is 19.6 Å². The molecule has 14 unspecified atom stereocenters. The zero-order valence-electron chi connectivity index (χ0n) is 41.0. The van der Waals surface area contributed by atoms with E-state index in [1.165, 1.54) is 0 Å². The predicted octanol–water partition coefficient (Wildman–Crippen LogP) is 2.35. The van der Waals surface area contributed by atoms with Crippen LogP contribution in [-0.4, -0.2) is 118 Å². The van der Waals surface area contributed by atoms with Crippen molar-refractivity contribution in [3.63, 3.8) is 0 Å². The number of nitrogens with zero attached hydrogens (tertiary/aromatic N) is 4. The van der Waals surface area contributed by atoms with Gasteiger partial charge in [-0.1, -0.05) is 27.7 Å². The first kappa shape index (κ1) is 50.4. The van der Waals surface area contributed by atoms with Gasteiger partial charge in [-0.25, -0.2) is 0 Å². The fraction of sp³-hybridized carbons (Fsp3) is 0.917. The van der Waals surface area contributed by atoms with E-state index >= 15 is 29.7 Å². The van der Waals surface area contributed by atoms with Crippen LogP contribution in [0, 0.1) is 63.6 Å². The van der Waals surface area contributed by atoms with E-state index in [2.05, 4.69) is 19.6 Å². The van der Waals surface area contributed by atoms with Crippen LogP contribution in [0.15, 0.2) is 0 Å². The SMILES string of the molecule is CC1C(C)N(C)C(C)(C)CC1C(CC(=O)[O-])(C(=O)[O-])C(C(=O)[O-])(C1CC(C)(C)N(C)C(C)C1C)C(C(=O)[O-])(C1CC(C)(C)N(C)C(C)C1C)C1CC(C)(C)N(C)C(C)C1C. The number of rotatable bonds is 11. The molecule has 12 nitrogen and oxygen atoms in total. The number of aliphatic carboxylic acids is 4. The van der Waals surface area contributed by atoms with E-state index in [0.29, 0.717) is 0 Å². The van der Waals surface area contributed by atoms with Crippen LogP contribution < -0.4 is 20.4 Å². The minimum absolute atomic E-state index is 0.0555. The van der Waals surface area contributed by atoms with E-state index in [1.807, 2.05) is 139 Å². The molecule has 0 N–H and O–H groups in total. The molecule has 0 bridgehead atoms. The lowest BCUT2D eigenvalue weighted by atomic mass is 9.31. The quantitative estimate of drug-likeness (QED) is 0.298. The Kier molecular flexibility index (Phi) is 13.5. The van der Waals surface area contributed by atoms with Crippen LogP contribution in [0.5, 0.6) is 0 Å². The van der Waals surface area contributed by atoms with E-state index in [9.17, 15) is 9.90 Å². The maximum atomic E-state index is 16.0. The van der Waals surface area contributed by atoms with Crippen molar-refractivity contribution in [2.75, 3.05) is 28.2 Å². The van der Waals surface area contributed by atoms with Gasteiger partial charge in [0.25, 0.3) is 0 Å². The summed E-state index contributed by atoms with van der Waals surface area (Å²) >= 11 is 0. The molecule has 0 aromatic heterocycles. The molecule has 0 saturated carbocycles. The van der Waals surface area contributed by atoms with E-state index in [-0.39, 0.29) is 49.9 Å². The topological polar surface area (TPSA) is 173 Å². The van der Waals surface area contributed by atoms with Crippen molar-refractivity contribution in [1.29, 1.82) is 0 Å². The molecule has 0 amide bonds. The van der Waals surface area contributed by atoms with Gasteiger partial charge in [0.2, 0.25) is 0 Å². The smallest absolute Gasteiger partial charge is 0.0498 e. The molecule has 4 rings (SSSR count). The van der Waals surface area contributed by atoms with Gasteiger partial charge >= 0.3 is 0 Å². The molecule has 14 atom stereocenters. The second-order valence-corrected chi connectivity index (χ2v) is 23.4. The fourth-order valence-corrected chi connectivity index (χ4v) is 14.8. The van der Waals surface area contributed by atoms with Gasteiger partial charge in [-0.15, -0.1) is 0 Å². The Balaban J connectivity index is 2.53. The number of carboxylic acids is 4. The highest BCUT2D eigenvalue weighted by Gasteiger charge is 2.78. The molecule has 4 aliphatic heterocycles. The van der Waals surface area contributed by atoms with Gasteiger partial charge < -0.3 is 39.6 Å². The molecule has 0 aromatic carbocycles. The first-order valence-corrected chi connectivity index (χ1v) is 22.8. The summed E-state index contributed by atoms with van der Waals surface area (Å²) in [6.07, 6.45) is -0.770. The summed E-state index contributed by atoms with van der Waals surface area (Å²) < 4.78 is 0. The first-order valence-electron chi connectivity index (χ1n) is 22.8. The van der Waals surface area contributed by atoms with Crippen molar-refractivity contribution in [3.8, 4) is 0 Å². The van der Waals surface area contributed by atoms with Gasteiger partial charge in [-0.3, -0.25) is 19.6 Å². The minimum atomic E-state index is -2.91. The largest absolute Gasteiger partial charge is 0.550 e. The van der Waals surface area contributed by atoms with Gasteiger partial charge in [0.05, 0.1) is 0 Å². The summed E-state index contributed by atoms with van der Waals surface area (Å²) in [6.45, 7) is 31.5. The van der Waals surface area contributed by atoms with Crippen LogP contribution >= 0.6 is 0 Å². The van der Waals surface area contributed by atoms with Crippen LogP contribution in [-0.2, 0) is 19.2 Å². The number of piperidine rings is 4. The normalized spacial score (nSPS) is 40.7. The minimum Gasteiger partial charge on any atom is -0.550 e. The highest BCUT2D eigenvalue weighted by molar-refractivity contribution is 5.94. The molecule has 4 heterocycles. The third-order valence-electron chi connectivity index (χ3n) is 19.9. The zero-order chi connectivity index (χ0) is 46.6. The van der Waals surface area contributed by atoms with Crippen LogP contribution in [0.4, 0.5) is 0 Å². The second kappa shape index (κ2) is 16.1. The van der Waals surface area contributed by atoms with E-state index < -0.39 is 116 Å². The molecule has 0 aliphatic carbocycles. The maximum absolute atomic E-state index is 16.0. The fourth-order valence-electron chi connectivity index (χ4n) is 14.8. The van der Waals surface area contributed by atoms with E-state index in [1.54, 1.807) is 0 Å². The Morgan fingerprint density at radius 1 is 0.450 bits per heavy atom. The van der Waals surface area contributed by atoms with Gasteiger partial charge in [0.15, 0.2) is 0 Å². The third kappa shape index (κ3) is 6.97. The Labute approximate surface area is 363 Å². The van der Waals surface area contributed by atoms with Gasteiger partial charge in [0.1, 0.15) is 0 Å². The molecule has 346 valence electrons. The molecule has 4 aliphatic rings. The van der Waals surface area contributed by atoms with Gasteiger partial charge in [-0.2, -0.15) is 0 Å². The lowest BCUT2D eigenvalue weighted by Gasteiger charge is -2.76. The van der Waals surface area contributed by atoms with Crippen molar-refractivity contribution < 1.29 is 39.6 Å². The molecule has 0 spiro atoms. The summed E-state index contributed by atoms with van der Waals surface area (Å²) in [5.41, 5.74) is -11.2. The lowest BCUT2D eigenvalue weighted by Crippen LogP contribution is -2.83. The molecular weight excluding hydrogens is 761 g/mol. The molecule has 0 radical (unpaired) electrons. The number of hydrogen-bond acceptors (Lipinski definition) is 12. The summed E-state index contributed by atoms with van der Waals surface area (Å²) in [4.78, 5) is 69.6. The van der Waals surface area contributed by atoms with Crippen LogP contribution in [0.3, 0.4) is 0 Å². The number of carbonyl (C=O) groups is 4. The maximum Gasteiger partial charge on any atom is 0.0498 e.